The highest BCUT2D eigenvalue weighted by molar-refractivity contribution is 9.10. The Bertz CT molecular complexity index is 1100. The van der Waals surface area contributed by atoms with Crippen molar-refractivity contribution < 1.29 is 44.3 Å². The normalized spacial score (nSPS) is 11.6. The molecule has 0 unspecified atom stereocenters. The third-order valence-corrected chi connectivity index (χ3v) is 4.85. The number of rotatable bonds is 2. The van der Waals surface area contributed by atoms with Gasteiger partial charge in [0, 0.05) is 6.07 Å². The molecule has 172 valence electrons. The van der Waals surface area contributed by atoms with E-state index < -0.39 is 40.9 Å². The maximum atomic E-state index is 13.4. The van der Waals surface area contributed by atoms with E-state index in [1.165, 1.54) is 0 Å². The van der Waals surface area contributed by atoms with E-state index in [4.69, 9.17) is 4.74 Å². The highest BCUT2D eigenvalue weighted by Crippen LogP contribution is 2.37. The predicted octanol–water partition coefficient (Wildman–Crippen LogP) is 9.15. The standard InChI is InChI=1S/C13H6BrF5O.C7H3BrF4/c14-9-5-7(13(17,18)19)1-3-11(9)20-12-4-2-8(15)6-10(12)16;8-5-3-4(7(10,11)12)1-2-6(5)9/h1-6H;1-3H. The van der Waals surface area contributed by atoms with Crippen molar-refractivity contribution in [1.29, 1.82) is 0 Å². The van der Waals surface area contributed by atoms with Gasteiger partial charge in [-0.1, -0.05) is 0 Å². The number of hydrogen-bond donors (Lipinski definition) is 0. The average molecular weight is 596 g/mol. The SMILES string of the molecule is Fc1ccc(C(F)(F)F)cc1Br.Fc1ccc(Oc2ccc(C(F)(F)F)cc2Br)c(F)c1. The maximum absolute atomic E-state index is 13.4. The Labute approximate surface area is 192 Å². The van der Waals surface area contributed by atoms with E-state index in [1.807, 2.05) is 0 Å². The first-order valence-electron chi connectivity index (χ1n) is 8.20. The summed E-state index contributed by atoms with van der Waals surface area (Å²) in [6.45, 7) is 0. The van der Waals surface area contributed by atoms with E-state index >= 15 is 0 Å². The van der Waals surface area contributed by atoms with Crippen LogP contribution in [0.5, 0.6) is 11.5 Å². The Morgan fingerprint density at radius 3 is 1.53 bits per heavy atom. The van der Waals surface area contributed by atoms with Gasteiger partial charge in [-0.3, -0.25) is 0 Å². The van der Waals surface area contributed by atoms with Crippen LogP contribution in [0.15, 0.2) is 63.5 Å². The first-order valence-corrected chi connectivity index (χ1v) is 9.79. The van der Waals surface area contributed by atoms with E-state index in [2.05, 4.69) is 31.9 Å². The Morgan fingerprint density at radius 1 is 0.562 bits per heavy atom. The van der Waals surface area contributed by atoms with Crippen LogP contribution < -0.4 is 4.74 Å². The topological polar surface area (TPSA) is 9.23 Å². The summed E-state index contributed by atoms with van der Waals surface area (Å²) in [5.41, 5.74) is -1.73. The van der Waals surface area contributed by atoms with Gasteiger partial charge in [0.25, 0.3) is 0 Å². The van der Waals surface area contributed by atoms with Crippen molar-refractivity contribution in [2.24, 2.45) is 0 Å². The quantitative estimate of drug-likeness (QED) is 0.268. The molecule has 0 saturated heterocycles. The molecule has 0 atom stereocenters. The van der Waals surface area contributed by atoms with Gasteiger partial charge in [0.2, 0.25) is 0 Å². The average Bonchev–Trinajstić information content (AvgIpc) is 2.66. The lowest BCUT2D eigenvalue weighted by Gasteiger charge is -2.11. The van der Waals surface area contributed by atoms with Gasteiger partial charge in [0.1, 0.15) is 17.4 Å². The molecule has 0 fully saturated rings. The predicted molar refractivity (Wildman–Crippen MR) is 105 cm³/mol. The molecular weight excluding hydrogens is 587 g/mol. The smallest absolute Gasteiger partial charge is 0.416 e. The zero-order valence-electron chi connectivity index (χ0n) is 15.3. The Morgan fingerprint density at radius 2 is 1.06 bits per heavy atom. The van der Waals surface area contributed by atoms with Crippen molar-refractivity contribution in [2.75, 3.05) is 0 Å². The molecule has 0 amide bonds. The third-order valence-electron chi connectivity index (χ3n) is 3.62. The summed E-state index contributed by atoms with van der Waals surface area (Å²) in [5.74, 6) is -2.73. The molecule has 0 saturated carbocycles. The summed E-state index contributed by atoms with van der Waals surface area (Å²) in [7, 11) is 0. The van der Waals surface area contributed by atoms with Gasteiger partial charge in [-0.2, -0.15) is 26.3 Å². The molecule has 0 heterocycles. The van der Waals surface area contributed by atoms with Gasteiger partial charge < -0.3 is 4.74 Å². The highest BCUT2D eigenvalue weighted by atomic mass is 79.9. The van der Waals surface area contributed by atoms with E-state index in [9.17, 15) is 39.5 Å². The van der Waals surface area contributed by atoms with Crippen molar-refractivity contribution in [3.8, 4) is 11.5 Å². The number of alkyl halides is 6. The molecule has 3 rings (SSSR count). The summed E-state index contributed by atoms with van der Waals surface area (Å²) in [6, 6.07) is 7.49. The largest absolute Gasteiger partial charge is 0.453 e. The zero-order valence-corrected chi connectivity index (χ0v) is 18.4. The van der Waals surface area contributed by atoms with Gasteiger partial charge in [0.05, 0.1) is 20.1 Å². The van der Waals surface area contributed by atoms with Crippen LogP contribution in [0.4, 0.5) is 39.5 Å². The number of halogens is 11. The molecule has 0 aliphatic rings. The van der Waals surface area contributed by atoms with Gasteiger partial charge >= 0.3 is 12.4 Å². The summed E-state index contributed by atoms with van der Waals surface area (Å²) in [5, 5.41) is 0. The van der Waals surface area contributed by atoms with E-state index in [0.717, 1.165) is 36.4 Å². The maximum Gasteiger partial charge on any atom is 0.416 e. The van der Waals surface area contributed by atoms with Crippen LogP contribution in [-0.2, 0) is 12.4 Å². The van der Waals surface area contributed by atoms with E-state index in [-0.39, 0.29) is 20.4 Å². The first kappa shape index (κ1) is 26.0. The van der Waals surface area contributed by atoms with Gasteiger partial charge in [0.15, 0.2) is 11.6 Å². The van der Waals surface area contributed by atoms with Crippen molar-refractivity contribution in [2.45, 2.75) is 12.4 Å². The molecule has 0 N–H and O–H groups in total. The number of hydrogen-bond acceptors (Lipinski definition) is 1. The highest BCUT2D eigenvalue weighted by Gasteiger charge is 2.31. The lowest BCUT2D eigenvalue weighted by atomic mass is 10.2. The minimum atomic E-state index is -4.48. The second kappa shape index (κ2) is 10.2. The molecule has 32 heavy (non-hydrogen) atoms. The first-order chi connectivity index (χ1) is 14.7. The summed E-state index contributed by atoms with van der Waals surface area (Å²) < 4.78 is 117. The fourth-order valence-electron chi connectivity index (χ4n) is 2.11. The minimum Gasteiger partial charge on any atom is -0.453 e. The third kappa shape index (κ3) is 7.16. The van der Waals surface area contributed by atoms with E-state index in [1.54, 1.807) is 0 Å². The van der Waals surface area contributed by atoms with Crippen LogP contribution in [0.1, 0.15) is 11.1 Å². The lowest BCUT2D eigenvalue weighted by molar-refractivity contribution is -0.138. The summed E-state index contributed by atoms with van der Waals surface area (Å²) in [4.78, 5) is 0. The second-order valence-electron chi connectivity index (χ2n) is 5.95. The van der Waals surface area contributed by atoms with Crippen LogP contribution in [-0.4, -0.2) is 0 Å². The Hall–Kier alpha value is -2.21. The van der Waals surface area contributed by atoms with Crippen molar-refractivity contribution in [3.05, 3.63) is 92.1 Å². The summed E-state index contributed by atoms with van der Waals surface area (Å²) >= 11 is 5.58. The van der Waals surface area contributed by atoms with Crippen LogP contribution in [0, 0.1) is 17.5 Å². The van der Waals surface area contributed by atoms with Crippen LogP contribution in [0.25, 0.3) is 0 Å². The van der Waals surface area contributed by atoms with Gasteiger partial charge in [-0.15, -0.1) is 0 Å². The van der Waals surface area contributed by atoms with Crippen LogP contribution in [0.3, 0.4) is 0 Å². The van der Waals surface area contributed by atoms with Crippen LogP contribution in [0.2, 0.25) is 0 Å². The fourth-order valence-corrected chi connectivity index (χ4v) is 2.95. The molecule has 1 nitrogen and oxygen atoms in total. The molecule has 0 spiro atoms. The van der Waals surface area contributed by atoms with Crippen molar-refractivity contribution >= 4 is 31.9 Å². The van der Waals surface area contributed by atoms with Gasteiger partial charge in [-0.25, -0.2) is 13.2 Å². The lowest BCUT2D eigenvalue weighted by Crippen LogP contribution is -2.04. The zero-order chi connectivity index (χ0) is 24.3. The molecule has 0 aliphatic carbocycles. The molecule has 0 aliphatic heterocycles. The van der Waals surface area contributed by atoms with Crippen LogP contribution >= 0.6 is 31.9 Å². The molecular formula is C20H9Br2F9O. The fraction of sp³-hybridized carbons (Fsp3) is 0.100. The molecule has 12 heteroatoms. The van der Waals surface area contributed by atoms with E-state index in [0.29, 0.717) is 18.2 Å². The molecule has 3 aromatic rings. The summed E-state index contributed by atoms with van der Waals surface area (Å²) in [6.07, 6.45) is -8.90. The van der Waals surface area contributed by atoms with Crippen molar-refractivity contribution in [1.82, 2.24) is 0 Å². The molecule has 0 aromatic heterocycles. The molecule has 3 aromatic carbocycles. The van der Waals surface area contributed by atoms with Gasteiger partial charge in [-0.05, 0) is 80.4 Å². The Kier molecular flexibility index (Phi) is 8.27. The second-order valence-corrected chi connectivity index (χ2v) is 7.66. The minimum absolute atomic E-state index is 0.0102. The number of benzene rings is 3. The molecule has 0 bridgehead atoms. The molecule has 0 radical (unpaired) electrons. The van der Waals surface area contributed by atoms with Crippen molar-refractivity contribution in [3.63, 3.8) is 0 Å². The number of ether oxygens (including phenoxy) is 1. The monoisotopic (exact) mass is 594 g/mol. The Balaban J connectivity index is 0.000000258.